The minimum absolute atomic E-state index is 0.167. The Balaban J connectivity index is 1.81. The predicted octanol–water partition coefficient (Wildman–Crippen LogP) is 4.31. The summed E-state index contributed by atoms with van der Waals surface area (Å²) in [6, 6.07) is 17.3. The number of anilines is 1. The molecule has 0 aliphatic carbocycles. The molecule has 0 radical (unpaired) electrons. The summed E-state index contributed by atoms with van der Waals surface area (Å²) in [5.74, 6) is 0.839. The van der Waals surface area contributed by atoms with Crippen LogP contribution in [-0.2, 0) is 0 Å². The number of alkyl halides is 2. The summed E-state index contributed by atoms with van der Waals surface area (Å²) in [4.78, 5) is 14.7. The number of fused-ring (bicyclic) bond motifs is 1. The molecule has 1 heterocycles. The van der Waals surface area contributed by atoms with Gasteiger partial charge >= 0.3 is 0 Å². The third-order valence-corrected chi connectivity index (χ3v) is 4.34. The van der Waals surface area contributed by atoms with Crippen molar-refractivity contribution in [2.24, 2.45) is 0 Å². The highest BCUT2D eigenvalue weighted by Gasteiger charge is 2.11. The molecule has 2 aromatic carbocycles. The highest BCUT2D eigenvalue weighted by Crippen LogP contribution is 2.18. The Morgan fingerprint density at radius 1 is 1.00 bits per heavy atom. The first-order chi connectivity index (χ1) is 12.2. The van der Waals surface area contributed by atoms with Crippen LogP contribution in [0.15, 0.2) is 60.8 Å². The normalized spacial score (nSPS) is 10.8. The number of aromatic nitrogens is 1. The first-order valence-corrected chi connectivity index (χ1v) is 9.14. The van der Waals surface area contributed by atoms with Gasteiger partial charge in [-0.2, -0.15) is 0 Å². The maximum atomic E-state index is 12.6. The van der Waals surface area contributed by atoms with Gasteiger partial charge in [-0.3, -0.25) is 14.9 Å². The highest BCUT2D eigenvalue weighted by atomic mass is 35.5. The summed E-state index contributed by atoms with van der Waals surface area (Å²) in [6.45, 7) is 1.36. The van der Waals surface area contributed by atoms with Crippen LogP contribution in [0, 0.1) is 0 Å². The Morgan fingerprint density at radius 2 is 1.76 bits per heavy atom. The van der Waals surface area contributed by atoms with Crippen molar-refractivity contribution in [2.75, 3.05) is 35.2 Å². The van der Waals surface area contributed by atoms with E-state index in [2.05, 4.69) is 10.3 Å². The Kier molecular flexibility index (Phi) is 5.84. The van der Waals surface area contributed by atoms with Crippen molar-refractivity contribution in [1.29, 1.82) is 0 Å². The summed E-state index contributed by atoms with van der Waals surface area (Å²) >= 11 is 11.7. The number of nitrogens with one attached hydrogen (secondary N) is 1. The summed E-state index contributed by atoms with van der Waals surface area (Å²) in [5, 5.41) is 1.08. The number of hydrogen-bond donors (Lipinski definition) is 1. The van der Waals surface area contributed by atoms with Gasteiger partial charge in [-0.15, -0.1) is 23.2 Å². The number of rotatable bonds is 7. The van der Waals surface area contributed by atoms with Gasteiger partial charge in [-0.25, -0.2) is 0 Å². The lowest BCUT2D eigenvalue weighted by Crippen LogP contribution is -2.28. The molecular weight excluding hydrogens is 357 g/mol. The van der Waals surface area contributed by atoms with E-state index in [9.17, 15) is 4.79 Å². The smallest absolute Gasteiger partial charge is 0.270 e. The second-order valence-corrected chi connectivity index (χ2v) is 6.36. The topological polar surface area (TPSA) is 37.3 Å². The lowest BCUT2D eigenvalue weighted by Gasteiger charge is -2.23. The standard InChI is InChI=1S/C19H19Cl2N3O/c20-9-12-23(13-10-21)17-6-3-5-16(14-17)19(25)22-24-11-8-15-4-1-2-7-18(15)24/h1-8,11,14H,9-10,12-13H2,(H,22,25). The maximum absolute atomic E-state index is 12.6. The van der Waals surface area contributed by atoms with Gasteiger partial charge in [0.1, 0.15) is 0 Å². The zero-order chi connectivity index (χ0) is 17.6. The highest BCUT2D eigenvalue weighted by molar-refractivity contribution is 6.18. The second-order valence-electron chi connectivity index (χ2n) is 5.60. The van der Waals surface area contributed by atoms with Gasteiger partial charge in [-0.05, 0) is 30.3 Å². The lowest BCUT2D eigenvalue weighted by molar-refractivity contribution is 0.101. The van der Waals surface area contributed by atoms with E-state index in [0.29, 0.717) is 30.4 Å². The summed E-state index contributed by atoms with van der Waals surface area (Å²) in [7, 11) is 0. The van der Waals surface area contributed by atoms with Crippen molar-refractivity contribution < 1.29 is 4.79 Å². The first-order valence-electron chi connectivity index (χ1n) is 8.07. The van der Waals surface area contributed by atoms with E-state index < -0.39 is 0 Å². The molecule has 0 aliphatic rings. The number of hydrogen-bond acceptors (Lipinski definition) is 2. The van der Waals surface area contributed by atoms with E-state index in [1.165, 1.54) is 0 Å². The molecule has 0 unspecified atom stereocenters. The molecule has 3 aromatic rings. The van der Waals surface area contributed by atoms with E-state index in [0.717, 1.165) is 16.6 Å². The Labute approximate surface area is 156 Å². The fourth-order valence-corrected chi connectivity index (χ4v) is 3.18. The van der Waals surface area contributed by atoms with Crippen LogP contribution < -0.4 is 10.3 Å². The van der Waals surface area contributed by atoms with E-state index in [1.54, 1.807) is 10.7 Å². The van der Waals surface area contributed by atoms with E-state index in [4.69, 9.17) is 23.2 Å². The monoisotopic (exact) mass is 375 g/mol. The number of carbonyl (C=O) groups is 1. The van der Waals surface area contributed by atoms with Crippen LogP contribution in [0.5, 0.6) is 0 Å². The molecule has 4 nitrogen and oxygen atoms in total. The Hall–Kier alpha value is -2.17. The van der Waals surface area contributed by atoms with Crippen LogP contribution in [0.4, 0.5) is 5.69 Å². The van der Waals surface area contributed by atoms with Gasteiger partial charge in [0.25, 0.3) is 5.91 Å². The predicted molar refractivity (Wildman–Crippen MR) is 106 cm³/mol. The largest absolute Gasteiger partial charge is 0.369 e. The Morgan fingerprint density at radius 3 is 2.52 bits per heavy atom. The zero-order valence-corrected chi connectivity index (χ0v) is 15.2. The van der Waals surface area contributed by atoms with Crippen molar-refractivity contribution in [3.8, 4) is 0 Å². The second kappa shape index (κ2) is 8.28. The number of amides is 1. The molecule has 25 heavy (non-hydrogen) atoms. The van der Waals surface area contributed by atoms with E-state index in [-0.39, 0.29) is 5.91 Å². The van der Waals surface area contributed by atoms with Crippen molar-refractivity contribution in [1.82, 2.24) is 4.68 Å². The quantitative estimate of drug-likeness (QED) is 0.624. The van der Waals surface area contributed by atoms with Gasteiger partial charge in [-0.1, -0.05) is 24.3 Å². The molecule has 6 heteroatoms. The minimum Gasteiger partial charge on any atom is -0.369 e. The van der Waals surface area contributed by atoms with Gasteiger partial charge in [0.05, 0.1) is 5.52 Å². The molecule has 0 aliphatic heterocycles. The van der Waals surface area contributed by atoms with Gasteiger partial charge < -0.3 is 4.90 Å². The molecule has 0 spiro atoms. The fraction of sp³-hybridized carbons (Fsp3) is 0.211. The number of para-hydroxylation sites is 1. The molecule has 130 valence electrons. The van der Waals surface area contributed by atoms with E-state index >= 15 is 0 Å². The summed E-state index contributed by atoms with van der Waals surface area (Å²) in [5.41, 5.74) is 5.40. The minimum atomic E-state index is -0.167. The molecule has 0 saturated carbocycles. The first kappa shape index (κ1) is 17.6. The average Bonchev–Trinajstić information content (AvgIpc) is 3.05. The molecule has 0 saturated heterocycles. The molecule has 3 rings (SSSR count). The molecular formula is C19H19Cl2N3O. The Bertz CT molecular complexity index is 857. The van der Waals surface area contributed by atoms with Crippen molar-refractivity contribution in [3.63, 3.8) is 0 Å². The molecule has 0 fully saturated rings. The zero-order valence-electron chi connectivity index (χ0n) is 13.7. The SMILES string of the molecule is O=C(Nn1ccc2ccccc21)c1cccc(N(CCCl)CCCl)c1. The number of carbonyl (C=O) groups excluding carboxylic acids is 1. The molecule has 1 aromatic heterocycles. The van der Waals surface area contributed by atoms with Crippen LogP contribution in [0.3, 0.4) is 0 Å². The van der Waals surface area contributed by atoms with Crippen LogP contribution in [-0.4, -0.2) is 35.4 Å². The number of halogens is 2. The summed E-state index contributed by atoms with van der Waals surface area (Å²) < 4.78 is 1.74. The third kappa shape index (κ3) is 4.09. The number of nitrogens with zero attached hydrogens (tertiary/aromatic N) is 2. The van der Waals surface area contributed by atoms with Crippen LogP contribution >= 0.6 is 23.2 Å². The van der Waals surface area contributed by atoms with Crippen LogP contribution in [0.25, 0.3) is 10.9 Å². The van der Waals surface area contributed by atoms with Gasteiger partial charge in [0, 0.05) is 47.7 Å². The molecule has 0 bridgehead atoms. The van der Waals surface area contributed by atoms with Crippen molar-refractivity contribution in [3.05, 3.63) is 66.4 Å². The van der Waals surface area contributed by atoms with Crippen LogP contribution in [0.2, 0.25) is 0 Å². The van der Waals surface area contributed by atoms with Crippen molar-refractivity contribution >= 4 is 45.7 Å². The van der Waals surface area contributed by atoms with E-state index in [1.807, 2.05) is 54.7 Å². The average molecular weight is 376 g/mol. The van der Waals surface area contributed by atoms with Crippen molar-refractivity contribution in [2.45, 2.75) is 0 Å². The van der Waals surface area contributed by atoms with Crippen LogP contribution in [0.1, 0.15) is 10.4 Å². The fourth-order valence-electron chi connectivity index (χ4n) is 2.77. The maximum Gasteiger partial charge on any atom is 0.270 e. The lowest BCUT2D eigenvalue weighted by atomic mass is 10.1. The molecule has 0 atom stereocenters. The summed E-state index contributed by atoms with van der Waals surface area (Å²) in [6.07, 6.45) is 1.85. The van der Waals surface area contributed by atoms with Gasteiger partial charge in [0.2, 0.25) is 0 Å². The third-order valence-electron chi connectivity index (χ3n) is 4.00. The molecule has 1 amide bonds. The van der Waals surface area contributed by atoms with Gasteiger partial charge in [0.15, 0.2) is 0 Å². The molecule has 1 N–H and O–H groups in total. The number of benzene rings is 2.